The average molecular weight is 294 g/mol. The zero-order valence-corrected chi connectivity index (χ0v) is 15.0. The van der Waals surface area contributed by atoms with Crippen LogP contribution in [0.15, 0.2) is 0 Å². The topological polar surface area (TPSA) is 39.7 Å². The Morgan fingerprint density at radius 1 is 0.722 bits per heavy atom. The standard InChI is InChI=1S/C12H31NO3Si2/c1-7-10-17(14-4,11-8-2)13-18(15-5,16-6)12-9-3/h13H,7-12H2,1-6H3. The second-order valence-corrected chi connectivity index (χ2v) is 12.0. The van der Waals surface area contributed by atoms with Crippen molar-refractivity contribution in [2.75, 3.05) is 21.3 Å². The van der Waals surface area contributed by atoms with E-state index in [-0.39, 0.29) is 0 Å². The van der Waals surface area contributed by atoms with Crippen molar-refractivity contribution in [2.24, 2.45) is 0 Å². The smallest absolute Gasteiger partial charge is 0.407 e. The number of nitrogens with one attached hydrogen (secondary N) is 1. The molecule has 1 N–H and O–H groups in total. The molecule has 0 fully saturated rings. The van der Waals surface area contributed by atoms with Crippen molar-refractivity contribution in [3.63, 3.8) is 0 Å². The third-order valence-corrected chi connectivity index (χ3v) is 12.6. The van der Waals surface area contributed by atoms with Crippen LogP contribution in [0.25, 0.3) is 0 Å². The normalized spacial score (nSPS) is 13.0. The van der Waals surface area contributed by atoms with Crippen molar-refractivity contribution >= 4 is 17.2 Å². The lowest BCUT2D eigenvalue weighted by Gasteiger charge is -2.38. The van der Waals surface area contributed by atoms with Gasteiger partial charge < -0.3 is 13.3 Å². The molecule has 0 radical (unpaired) electrons. The van der Waals surface area contributed by atoms with Crippen LogP contribution in [0.4, 0.5) is 0 Å². The van der Waals surface area contributed by atoms with Gasteiger partial charge in [-0.2, -0.15) is 0 Å². The molecule has 18 heavy (non-hydrogen) atoms. The van der Waals surface area contributed by atoms with Crippen molar-refractivity contribution in [3.05, 3.63) is 0 Å². The highest BCUT2D eigenvalue weighted by Gasteiger charge is 2.46. The minimum atomic E-state index is -2.29. The molecule has 0 aromatic heterocycles. The Bertz CT molecular complexity index is 207. The summed E-state index contributed by atoms with van der Waals surface area (Å²) >= 11 is 0. The molecule has 0 rings (SSSR count). The quantitative estimate of drug-likeness (QED) is 0.594. The summed E-state index contributed by atoms with van der Waals surface area (Å²) in [7, 11) is 1.13. The first-order valence-electron chi connectivity index (χ1n) is 7.02. The van der Waals surface area contributed by atoms with Gasteiger partial charge in [0, 0.05) is 27.4 Å². The highest BCUT2D eigenvalue weighted by Crippen LogP contribution is 2.23. The molecule has 0 aromatic rings. The fourth-order valence-electron chi connectivity index (χ4n) is 2.44. The van der Waals surface area contributed by atoms with E-state index in [1.54, 1.807) is 14.2 Å². The van der Waals surface area contributed by atoms with E-state index in [2.05, 4.69) is 25.4 Å². The van der Waals surface area contributed by atoms with Crippen LogP contribution in [-0.4, -0.2) is 38.5 Å². The van der Waals surface area contributed by atoms with E-state index in [4.69, 9.17) is 13.3 Å². The number of rotatable bonds is 11. The fraction of sp³-hybridized carbons (Fsp3) is 1.00. The van der Waals surface area contributed by atoms with E-state index < -0.39 is 17.2 Å². The van der Waals surface area contributed by atoms with Gasteiger partial charge in [0.2, 0.25) is 0 Å². The van der Waals surface area contributed by atoms with Gasteiger partial charge in [-0.25, -0.2) is 0 Å². The van der Waals surface area contributed by atoms with E-state index in [0.717, 1.165) is 37.4 Å². The maximum absolute atomic E-state index is 5.93. The molecule has 0 aliphatic carbocycles. The van der Waals surface area contributed by atoms with Crippen LogP contribution >= 0.6 is 0 Å². The molecule has 0 amide bonds. The molecule has 0 bridgehead atoms. The maximum atomic E-state index is 5.93. The molecule has 110 valence electrons. The van der Waals surface area contributed by atoms with Gasteiger partial charge in [0.1, 0.15) is 0 Å². The molecule has 0 unspecified atom stereocenters. The molecular formula is C12H31NO3Si2. The summed E-state index contributed by atoms with van der Waals surface area (Å²) in [6.07, 6.45) is 3.33. The summed E-state index contributed by atoms with van der Waals surface area (Å²) in [5.74, 6) is 0. The van der Waals surface area contributed by atoms with Crippen LogP contribution < -0.4 is 4.65 Å². The Morgan fingerprint density at radius 2 is 1.17 bits per heavy atom. The van der Waals surface area contributed by atoms with Gasteiger partial charge in [-0.05, 0) is 12.1 Å². The second-order valence-electron chi connectivity index (χ2n) is 4.73. The largest absolute Gasteiger partial charge is 0.419 e. The molecule has 0 spiro atoms. The van der Waals surface area contributed by atoms with Crippen molar-refractivity contribution in [1.29, 1.82) is 0 Å². The van der Waals surface area contributed by atoms with Crippen LogP contribution in [0, 0.1) is 0 Å². The zero-order chi connectivity index (χ0) is 14.1. The Morgan fingerprint density at radius 3 is 1.44 bits per heavy atom. The summed E-state index contributed by atoms with van der Waals surface area (Å²) in [4.78, 5) is 0. The molecule has 4 nitrogen and oxygen atoms in total. The van der Waals surface area contributed by atoms with Gasteiger partial charge in [0.05, 0.1) is 0 Å². The van der Waals surface area contributed by atoms with Crippen molar-refractivity contribution in [2.45, 2.75) is 58.2 Å². The molecule has 0 heterocycles. The SMILES string of the molecule is CCC[Si](CCC)(N[Si](CCC)(OC)OC)OC. The van der Waals surface area contributed by atoms with Crippen molar-refractivity contribution in [1.82, 2.24) is 4.65 Å². The van der Waals surface area contributed by atoms with E-state index in [0.29, 0.717) is 0 Å². The molecule has 0 aliphatic rings. The average Bonchev–Trinajstić information content (AvgIpc) is 2.38. The van der Waals surface area contributed by atoms with Crippen molar-refractivity contribution < 1.29 is 13.3 Å². The Hall–Kier alpha value is 0.274. The predicted molar refractivity (Wildman–Crippen MR) is 81.0 cm³/mol. The first-order chi connectivity index (χ1) is 8.57. The lowest BCUT2D eigenvalue weighted by Crippen LogP contribution is -2.68. The molecule has 6 heteroatoms. The van der Waals surface area contributed by atoms with Gasteiger partial charge >= 0.3 is 8.72 Å². The zero-order valence-electron chi connectivity index (χ0n) is 13.0. The highest BCUT2D eigenvalue weighted by atomic mass is 28.4. The van der Waals surface area contributed by atoms with Gasteiger partial charge in [0.15, 0.2) is 0 Å². The van der Waals surface area contributed by atoms with Gasteiger partial charge in [-0.3, -0.25) is 4.65 Å². The van der Waals surface area contributed by atoms with Crippen LogP contribution in [-0.2, 0) is 13.3 Å². The molecule has 0 saturated carbocycles. The highest BCUT2D eigenvalue weighted by molar-refractivity contribution is 6.85. The molecule has 0 aromatic carbocycles. The molecule has 0 atom stereocenters. The third kappa shape index (κ3) is 5.10. The minimum absolute atomic E-state index is 0.964. The second kappa shape index (κ2) is 9.22. The van der Waals surface area contributed by atoms with Crippen LogP contribution in [0.5, 0.6) is 0 Å². The Balaban J connectivity index is 4.98. The summed E-state index contributed by atoms with van der Waals surface area (Å²) in [5, 5.41) is 0. The van der Waals surface area contributed by atoms with E-state index >= 15 is 0 Å². The van der Waals surface area contributed by atoms with Gasteiger partial charge in [-0.1, -0.05) is 40.0 Å². The number of hydrogen-bond donors (Lipinski definition) is 1. The van der Waals surface area contributed by atoms with E-state index in [1.807, 2.05) is 7.11 Å². The molecule has 0 saturated heterocycles. The minimum Gasteiger partial charge on any atom is -0.407 e. The monoisotopic (exact) mass is 293 g/mol. The van der Waals surface area contributed by atoms with Gasteiger partial charge in [0.25, 0.3) is 8.48 Å². The maximum Gasteiger partial charge on any atom is 0.419 e. The molecular weight excluding hydrogens is 262 g/mol. The van der Waals surface area contributed by atoms with Crippen LogP contribution in [0.2, 0.25) is 18.1 Å². The lowest BCUT2D eigenvalue weighted by atomic mass is 10.6. The first kappa shape index (κ1) is 18.3. The first-order valence-corrected chi connectivity index (χ1v) is 11.4. The Labute approximate surface area is 115 Å². The number of hydrogen-bond acceptors (Lipinski definition) is 4. The third-order valence-electron chi connectivity index (χ3n) is 3.36. The lowest BCUT2D eigenvalue weighted by molar-refractivity contribution is 0.230. The van der Waals surface area contributed by atoms with Crippen LogP contribution in [0.3, 0.4) is 0 Å². The van der Waals surface area contributed by atoms with E-state index in [1.165, 1.54) is 0 Å². The fourth-order valence-corrected chi connectivity index (χ4v) is 11.4. The van der Waals surface area contributed by atoms with Gasteiger partial charge in [-0.15, -0.1) is 0 Å². The van der Waals surface area contributed by atoms with E-state index in [9.17, 15) is 0 Å². The summed E-state index contributed by atoms with van der Waals surface area (Å²) in [5.41, 5.74) is 0. The summed E-state index contributed by atoms with van der Waals surface area (Å²) in [6, 6.07) is 3.19. The predicted octanol–water partition coefficient (Wildman–Crippen LogP) is 3.13. The van der Waals surface area contributed by atoms with Crippen LogP contribution in [0.1, 0.15) is 40.0 Å². The van der Waals surface area contributed by atoms with Crippen molar-refractivity contribution in [3.8, 4) is 0 Å². The summed E-state index contributed by atoms with van der Waals surface area (Å²) in [6.45, 7) is 6.58. The summed E-state index contributed by atoms with van der Waals surface area (Å²) < 4.78 is 21.1. The molecule has 0 aliphatic heterocycles. The Kier molecular flexibility index (Phi) is 9.36.